The number of ether oxygens (including phenoxy) is 1. The first-order chi connectivity index (χ1) is 15.1. The third-order valence-electron chi connectivity index (χ3n) is 5.12. The predicted octanol–water partition coefficient (Wildman–Crippen LogP) is 4.21. The Kier molecular flexibility index (Phi) is 6.42. The Labute approximate surface area is 184 Å². The summed E-state index contributed by atoms with van der Waals surface area (Å²) in [6, 6.07) is 16.4. The third-order valence-corrected chi connectivity index (χ3v) is 6.20. The van der Waals surface area contributed by atoms with E-state index in [9.17, 15) is 9.59 Å². The van der Waals surface area contributed by atoms with Gasteiger partial charge < -0.3 is 20.3 Å². The molecule has 9 heteroatoms. The van der Waals surface area contributed by atoms with Gasteiger partial charge >= 0.3 is 6.03 Å². The normalized spacial score (nSPS) is 14.2. The van der Waals surface area contributed by atoms with Crippen molar-refractivity contribution < 1.29 is 14.3 Å². The number of methoxy groups -OCH3 is 1. The number of para-hydroxylation sites is 1. The SMILES string of the molecule is COc1cccc(NC(=O)N2CCC(c3nnc(C(=O)Nc4ccccc4)s3)CC2)c1. The lowest BCUT2D eigenvalue weighted by Gasteiger charge is -2.31. The lowest BCUT2D eigenvalue weighted by Crippen LogP contribution is -2.40. The molecular weight excluding hydrogens is 414 g/mol. The number of hydrogen-bond acceptors (Lipinski definition) is 6. The summed E-state index contributed by atoms with van der Waals surface area (Å²) in [5.41, 5.74) is 1.42. The third kappa shape index (κ3) is 5.18. The molecule has 2 heterocycles. The van der Waals surface area contributed by atoms with Gasteiger partial charge in [-0.25, -0.2) is 4.79 Å². The van der Waals surface area contributed by atoms with Crippen molar-refractivity contribution in [3.05, 3.63) is 64.6 Å². The van der Waals surface area contributed by atoms with Crippen molar-refractivity contribution in [3.63, 3.8) is 0 Å². The van der Waals surface area contributed by atoms with E-state index in [1.165, 1.54) is 11.3 Å². The van der Waals surface area contributed by atoms with E-state index in [-0.39, 0.29) is 17.9 Å². The molecule has 0 aliphatic carbocycles. The zero-order chi connectivity index (χ0) is 21.6. The van der Waals surface area contributed by atoms with Crippen molar-refractivity contribution in [2.24, 2.45) is 0 Å². The van der Waals surface area contributed by atoms with Crippen LogP contribution in [0.25, 0.3) is 0 Å². The highest BCUT2D eigenvalue weighted by atomic mass is 32.1. The molecule has 160 valence electrons. The van der Waals surface area contributed by atoms with Crippen LogP contribution in [0.1, 0.15) is 33.6 Å². The minimum Gasteiger partial charge on any atom is -0.497 e. The molecule has 31 heavy (non-hydrogen) atoms. The van der Waals surface area contributed by atoms with Gasteiger partial charge in [-0.05, 0) is 37.1 Å². The fourth-order valence-corrected chi connectivity index (χ4v) is 4.34. The molecular formula is C22H23N5O3S. The van der Waals surface area contributed by atoms with Crippen LogP contribution in [0.3, 0.4) is 0 Å². The zero-order valence-electron chi connectivity index (χ0n) is 17.1. The number of amides is 3. The molecule has 1 aromatic heterocycles. The molecule has 0 spiro atoms. The van der Waals surface area contributed by atoms with Gasteiger partial charge in [0.15, 0.2) is 0 Å². The average Bonchev–Trinajstić information content (AvgIpc) is 3.30. The van der Waals surface area contributed by atoms with Crippen LogP contribution in [-0.2, 0) is 0 Å². The summed E-state index contributed by atoms with van der Waals surface area (Å²) < 4.78 is 5.19. The van der Waals surface area contributed by atoms with Crippen LogP contribution in [0.15, 0.2) is 54.6 Å². The average molecular weight is 438 g/mol. The van der Waals surface area contributed by atoms with Crippen LogP contribution < -0.4 is 15.4 Å². The van der Waals surface area contributed by atoms with E-state index < -0.39 is 0 Å². The minimum atomic E-state index is -0.259. The Morgan fingerprint density at radius 2 is 1.74 bits per heavy atom. The van der Waals surface area contributed by atoms with E-state index in [0.717, 1.165) is 23.5 Å². The van der Waals surface area contributed by atoms with Crippen molar-refractivity contribution >= 4 is 34.6 Å². The summed E-state index contributed by atoms with van der Waals surface area (Å²) in [7, 11) is 1.59. The molecule has 0 atom stereocenters. The topological polar surface area (TPSA) is 96.4 Å². The first-order valence-electron chi connectivity index (χ1n) is 10.0. The van der Waals surface area contributed by atoms with Crippen molar-refractivity contribution in [2.45, 2.75) is 18.8 Å². The summed E-state index contributed by atoms with van der Waals surface area (Å²) in [4.78, 5) is 26.8. The number of rotatable bonds is 5. The molecule has 3 amide bonds. The quantitative estimate of drug-likeness (QED) is 0.623. The van der Waals surface area contributed by atoms with Gasteiger partial charge in [-0.15, -0.1) is 10.2 Å². The number of nitrogens with zero attached hydrogens (tertiary/aromatic N) is 3. The van der Waals surface area contributed by atoms with Crippen LogP contribution in [0.5, 0.6) is 5.75 Å². The summed E-state index contributed by atoms with van der Waals surface area (Å²) in [5.74, 6) is 0.626. The number of aromatic nitrogens is 2. The monoisotopic (exact) mass is 437 g/mol. The number of carbonyl (C=O) groups excluding carboxylic acids is 2. The number of urea groups is 1. The van der Waals surface area contributed by atoms with E-state index in [2.05, 4.69) is 20.8 Å². The number of piperidine rings is 1. The highest BCUT2D eigenvalue weighted by molar-refractivity contribution is 7.13. The van der Waals surface area contributed by atoms with Crippen LogP contribution in [-0.4, -0.2) is 47.2 Å². The highest BCUT2D eigenvalue weighted by Crippen LogP contribution is 2.30. The molecule has 0 radical (unpaired) electrons. The summed E-state index contributed by atoms with van der Waals surface area (Å²) >= 11 is 1.32. The van der Waals surface area contributed by atoms with E-state index in [1.54, 1.807) is 18.1 Å². The van der Waals surface area contributed by atoms with Gasteiger partial charge in [0.05, 0.1) is 7.11 Å². The van der Waals surface area contributed by atoms with Gasteiger partial charge in [-0.1, -0.05) is 35.6 Å². The Hall–Kier alpha value is -3.46. The standard InChI is InChI=1S/C22H23N5O3S/c1-30-18-9-5-8-17(14-18)24-22(29)27-12-10-15(11-13-27)20-25-26-21(31-20)19(28)23-16-6-3-2-4-7-16/h2-9,14-15H,10-13H2,1H3,(H,23,28)(H,24,29). The maximum Gasteiger partial charge on any atom is 0.321 e. The van der Waals surface area contributed by atoms with Gasteiger partial charge in [0.1, 0.15) is 10.8 Å². The number of benzene rings is 2. The molecule has 4 rings (SSSR count). The lowest BCUT2D eigenvalue weighted by atomic mass is 9.98. The second-order valence-electron chi connectivity index (χ2n) is 7.19. The number of nitrogens with one attached hydrogen (secondary N) is 2. The molecule has 0 bridgehead atoms. The van der Waals surface area contributed by atoms with Crippen molar-refractivity contribution in [3.8, 4) is 5.75 Å². The molecule has 8 nitrogen and oxygen atoms in total. The number of anilines is 2. The zero-order valence-corrected chi connectivity index (χ0v) is 17.9. The van der Waals surface area contributed by atoms with E-state index in [1.807, 2.05) is 48.5 Å². The molecule has 3 aromatic rings. The summed E-state index contributed by atoms with van der Waals surface area (Å²) in [6.07, 6.45) is 1.56. The van der Waals surface area contributed by atoms with Gasteiger partial charge in [0.25, 0.3) is 5.91 Å². The Morgan fingerprint density at radius 3 is 2.48 bits per heavy atom. The van der Waals surface area contributed by atoms with Gasteiger partial charge in [0, 0.05) is 36.4 Å². The second-order valence-corrected chi connectivity index (χ2v) is 8.20. The molecule has 1 saturated heterocycles. The van der Waals surface area contributed by atoms with E-state index >= 15 is 0 Å². The number of likely N-dealkylation sites (tertiary alicyclic amines) is 1. The van der Waals surface area contributed by atoms with Gasteiger partial charge in [0.2, 0.25) is 5.01 Å². The Bertz CT molecular complexity index is 1050. The fraction of sp³-hybridized carbons (Fsp3) is 0.273. The first-order valence-corrected chi connectivity index (χ1v) is 10.8. The first kappa shape index (κ1) is 20.8. The van der Waals surface area contributed by atoms with Crippen LogP contribution in [0.2, 0.25) is 0 Å². The van der Waals surface area contributed by atoms with E-state index in [0.29, 0.717) is 29.5 Å². The second kappa shape index (κ2) is 9.57. The Balaban J connectivity index is 1.30. The Morgan fingerprint density at radius 1 is 1.00 bits per heavy atom. The lowest BCUT2D eigenvalue weighted by molar-refractivity contribution is 0.102. The van der Waals surface area contributed by atoms with Gasteiger partial charge in [-0.3, -0.25) is 4.79 Å². The molecule has 0 unspecified atom stereocenters. The van der Waals surface area contributed by atoms with Crippen LogP contribution >= 0.6 is 11.3 Å². The molecule has 0 saturated carbocycles. The maximum absolute atomic E-state index is 12.6. The fourth-order valence-electron chi connectivity index (χ4n) is 3.43. The smallest absolute Gasteiger partial charge is 0.321 e. The maximum atomic E-state index is 12.6. The summed E-state index contributed by atoms with van der Waals surface area (Å²) in [5, 5.41) is 15.2. The minimum absolute atomic E-state index is 0.133. The molecule has 2 N–H and O–H groups in total. The largest absolute Gasteiger partial charge is 0.497 e. The number of carbonyl (C=O) groups is 2. The highest BCUT2D eigenvalue weighted by Gasteiger charge is 2.27. The molecule has 1 fully saturated rings. The van der Waals surface area contributed by atoms with Crippen molar-refractivity contribution in [1.82, 2.24) is 15.1 Å². The van der Waals surface area contributed by atoms with Crippen molar-refractivity contribution in [2.75, 3.05) is 30.8 Å². The van der Waals surface area contributed by atoms with Gasteiger partial charge in [-0.2, -0.15) is 0 Å². The molecule has 2 aromatic carbocycles. The van der Waals surface area contributed by atoms with Crippen molar-refractivity contribution in [1.29, 1.82) is 0 Å². The molecule has 1 aliphatic rings. The van der Waals surface area contributed by atoms with Crippen LogP contribution in [0, 0.1) is 0 Å². The van der Waals surface area contributed by atoms with Crippen LogP contribution in [0.4, 0.5) is 16.2 Å². The van der Waals surface area contributed by atoms with E-state index in [4.69, 9.17) is 4.74 Å². The number of hydrogen-bond donors (Lipinski definition) is 2. The molecule has 1 aliphatic heterocycles. The summed E-state index contributed by atoms with van der Waals surface area (Å²) in [6.45, 7) is 1.23. The predicted molar refractivity (Wildman–Crippen MR) is 120 cm³/mol.